The molecule has 5 heteroatoms. The Bertz CT molecular complexity index is 409. The molecule has 3 nitrogen and oxygen atoms in total. The molecule has 1 aliphatic heterocycles. The summed E-state index contributed by atoms with van der Waals surface area (Å²) in [4.78, 5) is 2.62. The number of methoxy groups -OCH3 is 1. The van der Waals surface area contributed by atoms with Crippen molar-refractivity contribution in [3.8, 4) is 5.75 Å². The molecule has 0 bridgehead atoms. The smallest absolute Gasteiger partial charge is 0.119 e. The third kappa shape index (κ3) is 6.33. The topological polar surface area (TPSA) is 24.5 Å². The molecule has 0 saturated carbocycles. The summed E-state index contributed by atoms with van der Waals surface area (Å²) < 4.78 is 5.39. The average molecular weight is 349 g/mol. The van der Waals surface area contributed by atoms with E-state index >= 15 is 0 Å². The first-order valence-electron chi connectivity index (χ1n) is 7.79. The molecule has 0 aliphatic carbocycles. The van der Waals surface area contributed by atoms with Crippen LogP contribution in [0.1, 0.15) is 38.3 Å². The van der Waals surface area contributed by atoms with Crippen LogP contribution in [-0.2, 0) is 0 Å². The molecular formula is C17H30Cl2N2O. The number of piperazine rings is 1. The van der Waals surface area contributed by atoms with E-state index in [4.69, 9.17) is 4.74 Å². The largest absolute Gasteiger partial charge is 0.497 e. The van der Waals surface area contributed by atoms with Gasteiger partial charge in [0, 0.05) is 32.2 Å². The zero-order valence-corrected chi connectivity index (χ0v) is 15.5. The van der Waals surface area contributed by atoms with Gasteiger partial charge in [-0.3, -0.25) is 4.90 Å². The Morgan fingerprint density at radius 2 is 1.82 bits per heavy atom. The summed E-state index contributed by atoms with van der Waals surface area (Å²) in [5, 5.41) is 3.44. The van der Waals surface area contributed by atoms with Crippen molar-refractivity contribution in [2.45, 2.75) is 32.7 Å². The first-order valence-corrected chi connectivity index (χ1v) is 7.79. The average Bonchev–Trinajstić information content (AvgIpc) is 2.48. The van der Waals surface area contributed by atoms with Crippen LogP contribution in [0, 0.1) is 5.92 Å². The molecule has 0 aromatic heterocycles. The lowest BCUT2D eigenvalue weighted by molar-refractivity contribution is 0.159. The summed E-state index contributed by atoms with van der Waals surface area (Å²) in [5.41, 5.74) is 1.40. The first-order chi connectivity index (χ1) is 9.70. The number of ether oxygens (including phenoxy) is 1. The highest BCUT2D eigenvalue weighted by Crippen LogP contribution is 2.29. The number of hydrogen-bond donors (Lipinski definition) is 1. The Labute approximate surface area is 147 Å². The lowest BCUT2D eigenvalue weighted by atomic mass is 9.95. The minimum absolute atomic E-state index is 0. The fourth-order valence-corrected chi connectivity index (χ4v) is 2.89. The standard InChI is InChI=1S/C17H28N2O.2ClH/c1-14(2)7-8-17(19-11-9-18-10-12-19)15-5-4-6-16(13-15)20-3;;/h4-6,13-14,17-18H,7-12H2,1-3H3;2*1H/t17-;;/m1../s1. The van der Waals surface area contributed by atoms with Crippen molar-refractivity contribution >= 4 is 24.8 Å². The van der Waals surface area contributed by atoms with Gasteiger partial charge in [-0.25, -0.2) is 0 Å². The minimum Gasteiger partial charge on any atom is -0.497 e. The Morgan fingerprint density at radius 1 is 1.14 bits per heavy atom. The summed E-state index contributed by atoms with van der Waals surface area (Å²) >= 11 is 0. The van der Waals surface area contributed by atoms with E-state index in [1.165, 1.54) is 18.4 Å². The van der Waals surface area contributed by atoms with Gasteiger partial charge in [-0.15, -0.1) is 24.8 Å². The Balaban J connectivity index is 0.00000220. The molecule has 1 aliphatic rings. The molecule has 0 radical (unpaired) electrons. The maximum absolute atomic E-state index is 5.39. The summed E-state index contributed by atoms with van der Waals surface area (Å²) in [7, 11) is 1.74. The van der Waals surface area contributed by atoms with Crippen LogP contribution in [-0.4, -0.2) is 38.2 Å². The predicted octanol–water partition coefficient (Wildman–Crippen LogP) is 3.92. The molecule has 1 aromatic carbocycles. The quantitative estimate of drug-likeness (QED) is 0.842. The van der Waals surface area contributed by atoms with Gasteiger partial charge in [-0.05, 0) is 36.5 Å². The van der Waals surface area contributed by atoms with Gasteiger partial charge in [0.15, 0.2) is 0 Å². The van der Waals surface area contributed by atoms with E-state index in [9.17, 15) is 0 Å². The van der Waals surface area contributed by atoms with Crippen LogP contribution in [0.2, 0.25) is 0 Å². The maximum Gasteiger partial charge on any atom is 0.119 e. The van der Waals surface area contributed by atoms with Crippen LogP contribution in [0.3, 0.4) is 0 Å². The molecule has 0 unspecified atom stereocenters. The molecule has 1 atom stereocenters. The molecular weight excluding hydrogens is 319 g/mol. The first kappa shape index (κ1) is 21.5. The highest BCUT2D eigenvalue weighted by molar-refractivity contribution is 5.85. The fourth-order valence-electron chi connectivity index (χ4n) is 2.89. The van der Waals surface area contributed by atoms with E-state index in [2.05, 4.69) is 42.3 Å². The molecule has 0 spiro atoms. The maximum atomic E-state index is 5.39. The molecule has 1 fully saturated rings. The van der Waals surface area contributed by atoms with E-state index in [1.54, 1.807) is 7.11 Å². The number of nitrogens with one attached hydrogen (secondary N) is 1. The summed E-state index contributed by atoms with van der Waals surface area (Å²) in [6.45, 7) is 9.09. The van der Waals surface area contributed by atoms with E-state index in [-0.39, 0.29) is 24.8 Å². The fraction of sp³-hybridized carbons (Fsp3) is 0.647. The van der Waals surface area contributed by atoms with Gasteiger partial charge in [0.25, 0.3) is 0 Å². The van der Waals surface area contributed by atoms with Crippen LogP contribution >= 0.6 is 24.8 Å². The Hall–Kier alpha value is -0.480. The number of benzene rings is 1. The second-order valence-corrected chi connectivity index (χ2v) is 6.05. The van der Waals surface area contributed by atoms with Crippen molar-refractivity contribution in [2.24, 2.45) is 5.92 Å². The molecule has 2 rings (SSSR count). The molecule has 1 saturated heterocycles. The van der Waals surface area contributed by atoms with Crippen LogP contribution in [0.4, 0.5) is 0 Å². The van der Waals surface area contributed by atoms with Crippen molar-refractivity contribution in [1.82, 2.24) is 10.2 Å². The highest BCUT2D eigenvalue weighted by atomic mass is 35.5. The normalized spacial score (nSPS) is 16.5. The second-order valence-electron chi connectivity index (χ2n) is 6.05. The monoisotopic (exact) mass is 348 g/mol. The van der Waals surface area contributed by atoms with Gasteiger partial charge in [-0.2, -0.15) is 0 Å². The van der Waals surface area contributed by atoms with Gasteiger partial charge < -0.3 is 10.1 Å². The van der Waals surface area contributed by atoms with E-state index in [0.717, 1.165) is 37.8 Å². The van der Waals surface area contributed by atoms with Crippen LogP contribution in [0.5, 0.6) is 5.75 Å². The number of rotatable bonds is 6. The molecule has 1 N–H and O–H groups in total. The lowest BCUT2D eigenvalue weighted by Crippen LogP contribution is -2.45. The number of halogens is 2. The SMILES string of the molecule is COc1cccc([C@@H](CCC(C)C)N2CCNCC2)c1.Cl.Cl. The van der Waals surface area contributed by atoms with Crippen molar-refractivity contribution in [3.63, 3.8) is 0 Å². The van der Waals surface area contributed by atoms with Gasteiger partial charge in [0.05, 0.1) is 7.11 Å². The Kier molecular flexibility index (Phi) is 10.9. The number of hydrogen-bond acceptors (Lipinski definition) is 3. The molecule has 0 amide bonds. The molecule has 128 valence electrons. The van der Waals surface area contributed by atoms with Crippen LogP contribution in [0.25, 0.3) is 0 Å². The molecule has 1 heterocycles. The predicted molar refractivity (Wildman–Crippen MR) is 98.7 cm³/mol. The van der Waals surface area contributed by atoms with Gasteiger partial charge in [0.2, 0.25) is 0 Å². The minimum atomic E-state index is 0. The van der Waals surface area contributed by atoms with Crippen LogP contribution in [0.15, 0.2) is 24.3 Å². The summed E-state index contributed by atoms with van der Waals surface area (Å²) in [5.74, 6) is 1.72. The highest BCUT2D eigenvalue weighted by Gasteiger charge is 2.22. The van der Waals surface area contributed by atoms with Gasteiger partial charge in [-0.1, -0.05) is 26.0 Å². The summed E-state index contributed by atoms with van der Waals surface area (Å²) in [6.07, 6.45) is 2.50. The van der Waals surface area contributed by atoms with Crippen molar-refractivity contribution in [2.75, 3.05) is 33.3 Å². The summed E-state index contributed by atoms with van der Waals surface area (Å²) in [6, 6.07) is 9.11. The Morgan fingerprint density at radius 3 is 2.41 bits per heavy atom. The van der Waals surface area contributed by atoms with E-state index < -0.39 is 0 Å². The third-order valence-electron chi connectivity index (χ3n) is 4.09. The van der Waals surface area contributed by atoms with E-state index in [1.807, 2.05) is 6.07 Å². The van der Waals surface area contributed by atoms with Crippen LogP contribution < -0.4 is 10.1 Å². The number of nitrogens with zero attached hydrogens (tertiary/aromatic N) is 1. The van der Waals surface area contributed by atoms with Gasteiger partial charge >= 0.3 is 0 Å². The molecule has 1 aromatic rings. The second kappa shape index (κ2) is 11.1. The third-order valence-corrected chi connectivity index (χ3v) is 4.09. The zero-order valence-electron chi connectivity index (χ0n) is 13.9. The zero-order chi connectivity index (χ0) is 14.4. The lowest BCUT2D eigenvalue weighted by Gasteiger charge is -2.35. The van der Waals surface area contributed by atoms with Gasteiger partial charge in [0.1, 0.15) is 5.75 Å². The van der Waals surface area contributed by atoms with Crippen molar-refractivity contribution in [3.05, 3.63) is 29.8 Å². The molecule has 22 heavy (non-hydrogen) atoms. The van der Waals surface area contributed by atoms with Crippen molar-refractivity contribution < 1.29 is 4.74 Å². The van der Waals surface area contributed by atoms with E-state index in [0.29, 0.717) is 6.04 Å². The van der Waals surface area contributed by atoms with Crippen molar-refractivity contribution in [1.29, 1.82) is 0 Å².